The summed E-state index contributed by atoms with van der Waals surface area (Å²) >= 11 is 5.91. The maximum absolute atomic E-state index is 6.18. The van der Waals surface area contributed by atoms with E-state index < -0.39 is 0 Å². The van der Waals surface area contributed by atoms with Crippen LogP contribution in [0.1, 0.15) is 45.8 Å². The molecule has 0 fully saturated rings. The first kappa shape index (κ1) is 15.5. The number of nitrogens with two attached hydrogens (primary N) is 1. The van der Waals surface area contributed by atoms with Crippen molar-refractivity contribution in [2.24, 2.45) is 11.7 Å². The quantitative estimate of drug-likeness (QED) is 0.841. The van der Waals surface area contributed by atoms with E-state index in [1.807, 2.05) is 24.3 Å². The number of halogens is 1. The van der Waals surface area contributed by atoms with Crippen LogP contribution >= 0.6 is 11.6 Å². The summed E-state index contributed by atoms with van der Waals surface area (Å²) in [6, 6.07) is 7.77. The van der Waals surface area contributed by atoms with Crippen molar-refractivity contribution >= 4 is 11.6 Å². The van der Waals surface area contributed by atoms with Crippen molar-refractivity contribution in [2.75, 3.05) is 0 Å². The van der Waals surface area contributed by atoms with Crippen LogP contribution in [0.15, 0.2) is 24.3 Å². The summed E-state index contributed by atoms with van der Waals surface area (Å²) in [5, 5.41) is 0.736. The molecule has 1 rings (SSSR count). The topological polar surface area (TPSA) is 35.2 Å². The predicted molar refractivity (Wildman–Crippen MR) is 77.8 cm³/mol. The second-order valence-electron chi connectivity index (χ2n) is 5.13. The van der Waals surface area contributed by atoms with Crippen LogP contribution in [0.2, 0.25) is 5.02 Å². The molecular formula is C15H24ClNO. The van der Waals surface area contributed by atoms with Gasteiger partial charge in [-0.15, -0.1) is 0 Å². The molecule has 0 heterocycles. The van der Waals surface area contributed by atoms with E-state index in [0.29, 0.717) is 5.92 Å². The van der Waals surface area contributed by atoms with Crippen LogP contribution in [-0.2, 0) is 4.74 Å². The molecule has 0 aliphatic carbocycles. The lowest BCUT2D eigenvalue weighted by Crippen LogP contribution is -2.33. The van der Waals surface area contributed by atoms with E-state index in [1.165, 1.54) is 0 Å². The standard InChI is InChI=1S/C15H24ClNO/c1-5-14(17)15(18-11(4)10(2)3)12-6-8-13(16)9-7-12/h6-11,14-15H,5,17H2,1-4H3. The largest absolute Gasteiger partial charge is 0.369 e. The first-order chi connectivity index (χ1) is 8.45. The average molecular weight is 270 g/mol. The second-order valence-corrected chi connectivity index (χ2v) is 5.57. The first-order valence-corrected chi connectivity index (χ1v) is 7.00. The van der Waals surface area contributed by atoms with Gasteiger partial charge in [-0.05, 0) is 37.0 Å². The molecule has 102 valence electrons. The molecule has 0 saturated carbocycles. The molecular weight excluding hydrogens is 246 g/mol. The average Bonchev–Trinajstić information content (AvgIpc) is 2.35. The van der Waals surface area contributed by atoms with Crippen LogP contribution in [0.4, 0.5) is 0 Å². The summed E-state index contributed by atoms with van der Waals surface area (Å²) in [6.07, 6.45) is 1.01. The Bertz CT molecular complexity index is 350. The third-order valence-corrected chi connectivity index (χ3v) is 3.61. The number of rotatable bonds is 6. The summed E-state index contributed by atoms with van der Waals surface area (Å²) in [5.41, 5.74) is 7.28. The molecule has 0 spiro atoms. The third kappa shape index (κ3) is 4.27. The second kappa shape index (κ2) is 7.13. The Morgan fingerprint density at radius 2 is 1.72 bits per heavy atom. The lowest BCUT2D eigenvalue weighted by Gasteiger charge is -2.29. The van der Waals surface area contributed by atoms with Crippen LogP contribution in [0.25, 0.3) is 0 Å². The van der Waals surface area contributed by atoms with Gasteiger partial charge >= 0.3 is 0 Å². The normalized spacial score (nSPS) is 16.6. The van der Waals surface area contributed by atoms with E-state index >= 15 is 0 Å². The lowest BCUT2D eigenvalue weighted by atomic mass is 10.00. The monoisotopic (exact) mass is 269 g/mol. The summed E-state index contributed by atoms with van der Waals surface area (Å²) in [6.45, 7) is 8.48. The predicted octanol–water partition coefficient (Wildman–Crippen LogP) is 4.18. The highest BCUT2D eigenvalue weighted by atomic mass is 35.5. The van der Waals surface area contributed by atoms with E-state index in [-0.39, 0.29) is 18.2 Å². The number of benzene rings is 1. The number of hydrogen-bond donors (Lipinski definition) is 1. The van der Waals surface area contributed by atoms with Crippen molar-refractivity contribution in [3.8, 4) is 0 Å². The molecule has 1 aromatic carbocycles. The van der Waals surface area contributed by atoms with Crippen LogP contribution in [-0.4, -0.2) is 12.1 Å². The maximum Gasteiger partial charge on any atom is 0.0979 e. The molecule has 0 aliphatic heterocycles. The molecule has 2 nitrogen and oxygen atoms in total. The Morgan fingerprint density at radius 1 is 1.17 bits per heavy atom. The molecule has 3 unspecified atom stereocenters. The number of hydrogen-bond acceptors (Lipinski definition) is 2. The Kier molecular flexibility index (Phi) is 6.13. The van der Waals surface area contributed by atoms with Gasteiger partial charge in [0.1, 0.15) is 0 Å². The summed E-state index contributed by atoms with van der Waals surface area (Å²) in [5.74, 6) is 0.476. The SMILES string of the molecule is CCC(N)C(OC(C)C(C)C)c1ccc(Cl)cc1. The Balaban J connectivity index is 2.87. The maximum atomic E-state index is 6.18. The van der Waals surface area contributed by atoms with Gasteiger partial charge in [0.25, 0.3) is 0 Å². The highest BCUT2D eigenvalue weighted by molar-refractivity contribution is 6.30. The first-order valence-electron chi connectivity index (χ1n) is 6.62. The van der Waals surface area contributed by atoms with Crippen molar-refractivity contribution in [1.82, 2.24) is 0 Å². The third-order valence-electron chi connectivity index (χ3n) is 3.36. The van der Waals surface area contributed by atoms with Crippen molar-refractivity contribution in [3.05, 3.63) is 34.9 Å². The van der Waals surface area contributed by atoms with Crippen molar-refractivity contribution < 1.29 is 4.74 Å². The Hall–Kier alpha value is -0.570. The molecule has 18 heavy (non-hydrogen) atoms. The fourth-order valence-corrected chi connectivity index (χ4v) is 1.81. The van der Waals surface area contributed by atoms with Crippen molar-refractivity contribution in [1.29, 1.82) is 0 Å². The zero-order valence-electron chi connectivity index (χ0n) is 11.7. The van der Waals surface area contributed by atoms with Crippen LogP contribution in [0, 0.1) is 5.92 Å². The van der Waals surface area contributed by atoms with E-state index in [9.17, 15) is 0 Å². The number of ether oxygens (including phenoxy) is 1. The van der Waals surface area contributed by atoms with Crippen molar-refractivity contribution in [3.63, 3.8) is 0 Å². The molecule has 0 aliphatic rings. The molecule has 0 radical (unpaired) electrons. The minimum Gasteiger partial charge on any atom is -0.369 e. The van der Waals surface area contributed by atoms with E-state index in [2.05, 4.69) is 27.7 Å². The zero-order valence-corrected chi connectivity index (χ0v) is 12.4. The van der Waals surface area contributed by atoms with Crippen LogP contribution < -0.4 is 5.73 Å². The highest BCUT2D eigenvalue weighted by Crippen LogP contribution is 2.26. The van der Waals surface area contributed by atoms with E-state index in [4.69, 9.17) is 22.1 Å². The van der Waals surface area contributed by atoms with Gasteiger partial charge in [-0.2, -0.15) is 0 Å². The molecule has 1 aromatic rings. The fourth-order valence-electron chi connectivity index (χ4n) is 1.68. The van der Waals surface area contributed by atoms with Gasteiger partial charge in [-0.1, -0.05) is 44.5 Å². The van der Waals surface area contributed by atoms with E-state index in [1.54, 1.807) is 0 Å². The summed E-state index contributed by atoms with van der Waals surface area (Å²) in [4.78, 5) is 0. The molecule has 3 atom stereocenters. The fraction of sp³-hybridized carbons (Fsp3) is 0.600. The lowest BCUT2D eigenvalue weighted by molar-refractivity contribution is -0.0395. The molecule has 3 heteroatoms. The zero-order chi connectivity index (χ0) is 13.7. The van der Waals surface area contributed by atoms with Gasteiger partial charge < -0.3 is 10.5 Å². The van der Waals surface area contributed by atoms with Gasteiger partial charge in [-0.3, -0.25) is 0 Å². The van der Waals surface area contributed by atoms with Gasteiger partial charge in [0, 0.05) is 11.1 Å². The molecule has 0 amide bonds. The minimum atomic E-state index is -0.0651. The van der Waals surface area contributed by atoms with Gasteiger partial charge in [0.15, 0.2) is 0 Å². The molecule has 0 saturated heterocycles. The van der Waals surface area contributed by atoms with Crippen molar-refractivity contribution in [2.45, 2.75) is 52.4 Å². The van der Waals surface area contributed by atoms with Gasteiger partial charge in [0.05, 0.1) is 12.2 Å². The van der Waals surface area contributed by atoms with Crippen LogP contribution in [0.5, 0.6) is 0 Å². The molecule has 2 N–H and O–H groups in total. The minimum absolute atomic E-state index is 0.00683. The van der Waals surface area contributed by atoms with Gasteiger partial charge in [0.2, 0.25) is 0 Å². The highest BCUT2D eigenvalue weighted by Gasteiger charge is 2.22. The van der Waals surface area contributed by atoms with E-state index in [0.717, 1.165) is 17.0 Å². The summed E-state index contributed by atoms with van der Waals surface area (Å²) in [7, 11) is 0. The van der Waals surface area contributed by atoms with Crippen LogP contribution in [0.3, 0.4) is 0 Å². The molecule has 0 aromatic heterocycles. The smallest absolute Gasteiger partial charge is 0.0979 e. The summed E-state index contributed by atoms with van der Waals surface area (Å²) < 4.78 is 6.12. The Morgan fingerprint density at radius 3 is 2.17 bits per heavy atom. The Labute approximate surface area is 115 Å². The molecule has 0 bridgehead atoms. The van der Waals surface area contributed by atoms with Gasteiger partial charge in [-0.25, -0.2) is 0 Å².